The first-order valence-electron chi connectivity index (χ1n) is 16.6. The van der Waals surface area contributed by atoms with Crippen LogP contribution >= 0.6 is 11.6 Å². The maximum absolute atomic E-state index is 13.3. The van der Waals surface area contributed by atoms with E-state index in [1.807, 2.05) is 133 Å². The van der Waals surface area contributed by atoms with Crippen molar-refractivity contribution in [3.05, 3.63) is 150 Å². The van der Waals surface area contributed by atoms with Gasteiger partial charge in [0.2, 0.25) is 0 Å². The topological polar surface area (TPSA) is 89.5 Å². The molecule has 0 saturated carbocycles. The van der Waals surface area contributed by atoms with E-state index in [-0.39, 0.29) is 26.4 Å². The average molecular weight is 717 g/mol. The molecule has 0 radical (unpaired) electrons. The van der Waals surface area contributed by atoms with Crippen molar-refractivity contribution >= 4 is 32.5 Å². The van der Waals surface area contributed by atoms with Gasteiger partial charge in [-0.15, -0.1) is 0 Å². The van der Waals surface area contributed by atoms with Crippen molar-refractivity contribution in [2.24, 2.45) is 0 Å². The van der Waals surface area contributed by atoms with Gasteiger partial charge in [0.05, 0.1) is 33.0 Å². The standard InChI is InChI=1S/C40H41ClO8S/c1-2-47-50(42,43)29-40(41)39(46-27-32-18-10-5-11-19-32)38(45-26-31-16-8-4-9-17-31)37(36(49-40)28-44-25-30-14-6-3-7-15-30)48-35-23-22-33-20-12-13-21-34(33)24-35/h3-24,36-39H,2,25-29H2,1H3/t36-,37-,38+,39-,40+/m1/s1. The third-order valence-corrected chi connectivity index (χ3v) is 10.3. The zero-order valence-electron chi connectivity index (χ0n) is 27.8. The first-order valence-corrected chi connectivity index (χ1v) is 18.6. The molecule has 0 spiro atoms. The van der Waals surface area contributed by atoms with Crippen LogP contribution in [0.5, 0.6) is 5.75 Å². The summed E-state index contributed by atoms with van der Waals surface area (Å²) in [4.78, 5) is 0. The van der Waals surface area contributed by atoms with Crippen LogP contribution in [0.2, 0.25) is 0 Å². The summed E-state index contributed by atoms with van der Waals surface area (Å²) >= 11 is 7.34. The average Bonchev–Trinajstić information content (AvgIpc) is 3.12. The van der Waals surface area contributed by atoms with Gasteiger partial charge in [-0.3, -0.25) is 4.18 Å². The predicted octanol–water partition coefficient (Wildman–Crippen LogP) is 7.68. The molecule has 8 nitrogen and oxygen atoms in total. The smallest absolute Gasteiger partial charge is 0.271 e. The van der Waals surface area contributed by atoms with Crippen molar-refractivity contribution < 1.29 is 36.3 Å². The van der Waals surface area contributed by atoms with Gasteiger partial charge in [-0.05, 0) is 46.5 Å². The number of halogens is 1. The summed E-state index contributed by atoms with van der Waals surface area (Å²) in [7, 11) is -4.16. The number of benzene rings is 5. The summed E-state index contributed by atoms with van der Waals surface area (Å²) in [5, 5.41) is 0.116. The van der Waals surface area contributed by atoms with Crippen LogP contribution in [0.15, 0.2) is 133 Å². The Morgan fingerprint density at radius 3 is 1.86 bits per heavy atom. The normalized spacial score (nSPS) is 22.4. The minimum absolute atomic E-state index is 0.0207. The van der Waals surface area contributed by atoms with Gasteiger partial charge in [-0.1, -0.05) is 133 Å². The molecule has 0 unspecified atom stereocenters. The summed E-state index contributed by atoms with van der Waals surface area (Å²) in [5.74, 6) is -0.123. The Hall–Kier alpha value is -3.80. The Morgan fingerprint density at radius 1 is 0.680 bits per heavy atom. The number of fused-ring (bicyclic) bond motifs is 1. The van der Waals surface area contributed by atoms with E-state index in [0.717, 1.165) is 27.5 Å². The third kappa shape index (κ3) is 9.50. The largest absolute Gasteiger partial charge is 0.485 e. The molecule has 1 fully saturated rings. The zero-order valence-corrected chi connectivity index (χ0v) is 29.4. The summed E-state index contributed by atoms with van der Waals surface area (Å²) in [6, 6.07) is 42.8. The highest BCUT2D eigenvalue weighted by Gasteiger charge is 2.58. The maximum atomic E-state index is 13.3. The number of rotatable bonds is 16. The fourth-order valence-electron chi connectivity index (χ4n) is 6.06. The minimum Gasteiger partial charge on any atom is -0.485 e. The Balaban J connectivity index is 1.40. The molecule has 0 aliphatic carbocycles. The van der Waals surface area contributed by atoms with E-state index in [2.05, 4.69) is 0 Å². The molecule has 1 aliphatic rings. The van der Waals surface area contributed by atoms with E-state index in [0.29, 0.717) is 12.4 Å². The third-order valence-electron chi connectivity index (χ3n) is 8.38. The van der Waals surface area contributed by atoms with Gasteiger partial charge < -0.3 is 23.7 Å². The first-order chi connectivity index (χ1) is 24.3. The van der Waals surface area contributed by atoms with Crippen molar-refractivity contribution in [3.63, 3.8) is 0 Å². The molecule has 1 heterocycles. The molecule has 10 heteroatoms. The Morgan fingerprint density at radius 2 is 1.24 bits per heavy atom. The molecule has 0 N–H and O–H groups in total. The highest BCUT2D eigenvalue weighted by molar-refractivity contribution is 7.86. The molecule has 0 amide bonds. The van der Waals surface area contributed by atoms with Gasteiger partial charge in [-0.25, -0.2) is 0 Å². The monoisotopic (exact) mass is 716 g/mol. The van der Waals surface area contributed by atoms with Crippen LogP contribution in [0.1, 0.15) is 23.6 Å². The summed E-state index contributed by atoms with van der Waals surface area (Å²) in [6.07, 6.45) is -3.76. The second-order valence-corrected chi connectivity index (χ2v) is 14.4. The molecular formula is C40H41ClO8S. The predicted molar refractivity (Wildman–Crippen MR) is 193 cm³/mol. The molecule has 6 rings (SSSR count). The second kappa shape index (κ2) is 16.9. The van der Waals surface area contributed by atoms with Gasteiger partial charge in [0.25, 0.3) is 10.1 Å². The van der Waals surface area contributed by atoms with Crippen LogP contribution in [0.25, 0.3) is 10.8 Å². The van der Waals surface area contributed by atoms with Gasteiger partial charge in [0, 0.05) is 0 Å². The Labute approximate surface area is 298 Å². The van der Waals surface area contributed by atoms with Gasteiger partial charge in [0.15, 0.2) is 11.2 Å². The molecule has 0 aromatic heterocycles. The van der Waals surface area contributed by atoms with Crippen LogP contribution < -0.4 is 4.74 Å². The number of ether oxygens (including phenoxy) is 5. The molecule has 262 valence electrons. The van der Waals surface area contributed by atoms with Crippen molar-refractivity contribution in [1.29, 1.82) is 0 Å². The van der Waals surface area contributed by atoms with Crippen LogP contribution in [-0.4, -0.2) is 56.9 Å². The highest BCUT2D eigenvalue weighted by Crippen LogP contribution is 2.41. The second-order valence-electron chi connectivity index (χ2n) is 12.1. The van der Waals surface area contributed by atoms with E-state index >= 15 is 0 Å². The lowest BCUT2D eigenvalue weighted by Gasteiger charge is -2.49. The molecular weight excluding hydrogens is 676 g/mol. The molecule has 1 saturated heterocycles. The fourth-order valence-corrected chi connectivity index (χ4v) is 7.92. The van der Waals surface area contributed by atoms with E-state index in [9.17, 15) is 8.42 Å². The van der Waals surface area contributed by atoms with Crippen LogP contribution in [0.3, 0.4) is 0 Å². The molecule has 50 heavy (non-hydrogen) atoms. The minimum atomic E-state index is -4.16. The van der Waals surface area contributed by atoms with Crippen molar-refractivity contribution in [2.75, 3.05) is 19.0 Å². The van der Waals surface area contributed by atoms with Gasteiger partial charge in [-0.2, -0.15) is 8.42 Å². The quantitative estimate of drug-likeness (QED) is 0.0760. The number of hydrogen-bond acceptors (Lipinski definition) is 8. The molecule has 5 aromatic rings. The van der Waals surface area contributed by atoms with Crippen molar-refractivity contribution in [3.8, 4) is 5.75 Å². The molecule has 5 atom stereocenters. The molecule has 1 aliphatic heterocycles. The summed E-state index contributed by atoms with van der Waals surface area (Å²) in [5.41, 5.74) is 2.73. The van der Waals surface area contributed by atoms with Crippen LogP contribution in [0, 0.1) is 0 Å². The highest BCUT2D eigenvalue weighted by atomic mass is 35.5. The van der Waals surface area contributed by atoms with Crippen LogP contribution in [-0.2, 0) is 53.1 Å². The Kier molecular flexibility index (Phi) is 12.2. The van der Waals surface area contributed by atoms with Crippen LogP contribution in [0.4, 0.5) is 0 Å². The van der Waals surface area contributed by atoms with E-state index in [1.165, 1.54) is 0 Å². The maximum Gasteiger partial charge on any atom is 0.271 e. The lowest BCUT2D eigenvalue weighted by atomic mass is 9.94. The zero-order chi connectivity index (χ0) is 34.8. The fraction of sp³-hybridized carbons (Fsp3) is 0.300. The van der Waals surface area contributed by atoms with E-state index in [4.69, 9.17) is 39.5 Å². The van der Waals surface area contributed by atoms with Gasteiger partial charge >= 0.3 is 0 Å². The first kappa shape index (κ1) is 36.0. The molecule has 0 bridgehead atoms. The van der Waals surface area contributed by atoms with Crippen molar-refractivity contribution in [1.82, 2.24) is 0 Å². The molecule has 5 aromatic carbocycles. The van der Waals surface area contributed by atoms with E-state index < -0.39 is 45.3 Å². The van der Waals surface area contributed by atoms with E-state index in [1.54, 1.807) is 6.92 Å². The lowest BCUT2D eigenvalue weighted by Crippen LogP contribution is -2.67. The summed E-state index contributed by atoms with van der Waals surface area (Å²) in [6.45, 7) is 2.14. The van der Waals surface area contributed by atoms with Gasteiger partial charge in [0.1, 0.15) is 29.8 Å². The number of alkyl halides is 1. The SMILES string of the molecule is CCOS(=O)(=O)C[C@]1(Cl)O[C@H](COCc2ccccc2)[C@@H](Oc2ccc3ccccc3c2)[C@H](OCc2ccccc2)[C@H]1OCc1ccccc1. The number of hydrogen-bond donors (Lipinski definition) is 0. The van der Waals surface area contributed by atoms with Crippen molar-refractivity contribution in [2.45, 2.75) is 56.2 Å². The Bertz CT molecular complexity index is 1890. The lowest BCUT2D eigenvalue weighted by molar-refractivity contribution is -0.263. The summed E-state index contributed by atoms with van der Waals surface area (Å²) < 4.78 is 64.5.